The number of hydrogen-bond donors (Lipinski definition) is 3. The lowest BCUT2D eigenvalue weighted by Crippen LogP contribution is -2.17. The van der Waals surface area contributed by atoms with Crippen LogP contribution >= 0.6 is 11.6 Å². The second-order valence-corrected chi connectivity index (χ2v) is 4.01. The van der Waals surface area contributed by atoms with Gasteiger partial charge in [0.25, 0.3) is 0 Å². The highest BCUT2D eigenvalue weighted by Gasteiger charge is 2.04. The Kier molecular flexibility index (Phi) is 6.96. The third kappa shape index (κ3) is 5.37. The van der Waals surface area contributed by atoms with Gasteiger partial charge in [-0.25, -0.2) is 0 Å². The summed E-state index contributed by atoms with van der Waals surface area (Å²) in [6.45, 7) is 2.36. The monoisotopic (exact) mass is 259 g/mol. The van der Waals surface area contributed by atoms with Gasteiger partial charge in [-0.2, -0.15) is 0 Å². The van der Waals surface area contributed by atoms with Gasteiger partial charge < -0.3 is 20.3 Å². The number of nitrogens with one attached hydrogen (secondary N) is 1. The maximum Gasteiger partial charge on any atom is 0.121 e. The van der Waals surface area contributed by atoms with Crippen molar-refractivity contribution in [2.24, 2.45) is 0 Å². The van der Waals surface area contributed by atoms with Crippen molar-refractivity contribution in [3.63, 3.8) is 0 Å². The van der Waals surface area contributed by atoms with E-state index in [2.05, 4.69) is 5.32 Å². The van der Waals surface area contributed by atoms with Gasteiger partial charge in [-0.3, -0.25) is 0 Å². The number of rotatable bonds is 8. The standard InChI is InChI=1S/C12H18ClNO3/c13-11-3-1-4-12(16)10(11)9-14-5-2-7-17-8-6-15/h1,3-4,14-16H,2,5-9H2. The van der Waals surface area contributed by atoms with Crippen LogP contribution in [0.15, 0.2) is 18.2 Å². The average molecular weight is 260 g/mol. The highest BCUT2D eigenvalue weighted by atomic mass is 35.5. The number of phenols is 1. The number of benzene rings is 1. The van der Waals surface area contributed by atoms with Gasteiger partial charge in [0.1, 0.15) is 5.75 Å². The summed E-state index contributed by atoms with van der Waals surface area (Å²) in [7, 11) is 0. The minimum Gasteiger partial charge on any atom is -0.508 e. The first kappa shape index (κ1) is 14.3. The van der Waals surface area contributed by atoms with Gasteiger partial charge in [0.2, 0.25) is 0 Å². The third-order valence-electron chi connectivity index (χ3n) is 2.27. The molecule has 0 saturated heterocycles. The Morgan fingerprint density at radius 1 is 1.29 bits per heavy atom. The normalized spacial score (nSPS) is 10.7. The van der Waals surface area contributed by atoms with Crippen molar-refractivity contribution < 1.29 is 14.9 Å². The highest BCUT2D eigenvalue weighted by molar-refractivity contribution is 6.31. The smallest absolute Gasteiger partial charge is 0.121 e. The zero-order chi connectivity index (χ0) is 12.5. The first-order chi connectivity index (χ1) is 8.25. The SMILES string of the molecule is OCCOCCCNCc1c(O)cccc1Cl. The number of halogens is 1. The van der Waals surface area contributed by atoms with Crippen LogP contribution in [0.3, 0.4) is 0 Å². The molecule has 0 fully saturated rings. The van der Waals surface area contributed by atoms with Crippen LogP contribution in [0.4, 0.5) is 0 Å². The van der Waals surface area contributed by atoms with Gasteiger partial charge in [-0.1, -0.05) is 17.7 Å². The molecule has 0 atom stereocenters. The Labute approximate surface area is 106 Å². The summed E-state index contributed by atoms with van der Waals surface area (Å²) in [5.41, 5.74) is 0.713. The number of aliphatic hydroxyl groups excluding tert-OH is 1. The van der Waals surface area contributed by atoms with Crippen molar-refractivity contribution in [3.8, 4) is 5.75 Å². The van der Waals surface area contributed by atoms with Gasteiger partial charge in [0.15, 0.2) is 0 Å². The summed E-state index contributed by atoms with van der Waals surface area (Å²) in [5.74, 6) is 0.210. The number of hydrogen-bond acceptors (Lipinski definition) is 4. The minimum atomic E-state index is 0.0565. The highest BCUT2D eigenvalue weighted by Crippen LogP contribution is 2.24. The summed E-state index contributed by atoms with van der Waals surface area (Å²) in [5, 5.41) is 21.8. The summed E-state index contributed by atoms with van der Waals surface area (Å²) in [6.07, 6.45) is 0.852. The fourth-order valence-corrected chi connectivity index (χ4v) is 1.64. The van der Waals surface area contributed by atoms with Crippen molar-refractivity contribution in [2.75, 3.05) is 26.4 Å². The molecule has 0 bridgehead atoms. The Bertz CT molecular complexity index is 313. The number of phenolic OH excluding ortho intramolecular Hbond substituents is 1. The number of aliphatic hydroxyl groups is 1. The maximum atomic E-state index is 9.59. The van der Waals surface area contributed by atoms with E-state index in [0.29, 0.717) is 30.3 Å². The van der Waals surface area contributed by atoms with Crippen LogP contribution in [0.5, 0.6) is 5.75 Å². The molecule has 0 spiro atoms. The molecule has 0 amide bonds. The van der Waals surface area contributed by atoms with Gasteiger partial charge in [-0.15, -0.1) is 0 Å². The predicted octanol–water partition coefficient (Wildman–Crippen LogP) is 1.53. The molecule has 1 aromatic carbocycles. The Hall–Kier alpha value is -0.810. The summed E-state index contributed by atoms with van der Waals surface area (Å²) < 4.78 is 5.12. The molecule has 0 radical (unpaired) electrons. The van der Waals surface area contributed by atoms with E-state index in [0.717, 1.165) is 13.0 Å². The maximum absolute atomic E-state index is 9.59. The van der Waals surface area contributed by atoms with Gasteiger partial charge in [0.05, 0.1) is 13.2 Å². The molecule has 1 rings (SSSR count). The topological polar surface area (TPSA) is 61.7 Å². The van der Waals surface area contributed by atoms with Crippen LogP contribution in [-0.2, 0) is 11.3 Å². The molecule has 0 saturated carbocycles. The lowest BCUT2D eigenvalue weighted by molar-refractivity contribution is 0.0907. The molecule has 0 aliphatic carbocycles. The van der Waals surface area contributed by atoms with E-state index >= 15 is 0 Å². The zero-order valence-electron chi connectivity index (χ0n) is 9.66. The van der Waals surface area contributed by atoms with Gasteiger partial charge in [-0.05, 0) is 25.1 Å². The minimum absolute atomic E-state index is 0.0565. The molecular formula is C12H18ClNO3. The van der Waals surface area contributed by atoms with Crippen molar-refractivity contribution in [1.29, 1.82) is 0 Å². The van der Waals surface area contributed by atoms with E-state index in [-0.39, 0.29) is 12.4 Å². The van der Waals surface area contributed by atoms with Crippen molar-refractivity contribution in [1.82, 2.24) is 5.32 Å². The number of aromatic hydroxyl groups is 1. The molecule has 0 aliphatic rings. The molecular weight excluding hydrogens is 242 g/mol. The zero-order valence-corrected chi connectivity index (χ0v) is 10.4. The van der Waals surface area contributed by atoms with Gasteiger partial charge in [0, 0.05) is 23.7 Å². The first-order valence-electron chi connectivity index (χ1n) is 5.61. The average Bonchev–Trinajstić information content (AvgIpc) is 2.31. The van der Waals surface area contributed by atoms with Crippen LogP contribution in [0, 0.1) is 0 Å². The van der Waals surface area contributed by atoms with E-state index in [4.69, 9.17) is 21.4 Å². The molecule has 5 heteroatoms. The van der Waals surface area contributed by atoms with E-state index in [9.17, 15) is 5.11 Å². The second-order valence-electron chi connectivity index (χ2n) is 3.60. The van der Waals surface area contributed by atoms with Crippen molar-refractivity contribution >= 4 is 11.6 Å². The molecule has 0 aliphatic heterocycles. The number of ether oxygens (including phenoxy) is 1. The second kappa shape index (κ2) is 8.31. The predicted molar refractivity (Wildman–Crippen MR) is 67.3 cm³/mol. The Morgan fingerprint density at radius 3 is 2.82 bits per heavy atom. The summed E-state index contributed by atoms with van der Waals surface area (Å²) >= 11 is 5.96. The molecule has 3 N–H and O–H groups in total. The molecule has 0 unspecified atom stereocenters. The summed E-state index contributed by atoms with van der Waals surface area (Å²) in [4.78, 5) is 0. The lowest BCUT2D eigenvalue weighted by Gasteiger charge is -2.08. The largest absolute Gasteiger partial charge is 0.508 e. The molecule has 0 heterocycles. The van der Waals surface area contributed by atoms with Crippen molar-refractivity contribution in [2.45, 2.75) is 13.0 Å². The van der Waals surface area contributed by atoms with E-state index in [1.54, 1.807) is 18.2 Å². The van der Waals surface area contributed by atoms with E-state index < -0.39 is 0 Å². The molecule has 17 heavy (non-hydrogen) atoms. The molecule has 4 nitrogen and oxygen atoms in total. The fourth-order valence-electron chi connectivity index (χ4n) is 1.40. The van der Waals surface area contributed by atoms with E-state index in [1.165, 1.54) is 0 Å². The molecule has 96 valence electrons. The fraction of sp³-hybridized carbons (Fsp3) is 0.500. The van der Waals surface area contributed by atoms with Crippen LogP contribution in [0.25, 0.3) is 0 Å². The molecule has 0 aromatic heterocycles. The van der Waals surface area contributed by atoms with Crippen LogP contribution < -0.4 is 5.32 Å². The third-order valence-corrected chi connectivity index (χ3v) is 2.63. The van der Waals surface area contributed by atoms with Crippen molar-refractivity contribution in [3.05, 3.63) is 28.8 Å². The lowest BCUT2D eigenvalue weighted by atomic mass is 10.2. The molecule has 1 aromatic rings. The van der Waals surface area contributed by atoms with Crippen LogP contribution in [-0.4, -0.2) is 36.6 Å². The Morgan fingerprint density at radius 2 is 2.12 bits per heavy atom. The van der Waals surface area contributed by atoms with Gasteiger partial charge >= 0.3 is 0 Å². The Balaban J connectivity index is 2.18. The quantitative estimate of drug-likeness (QED) is 0.620. The van der Waals surface area contributed by atoms with E-state index in [1.807, 2.05) is 0 Å². The first-order valence-corrected chi connectivity index (χ1v) is 5.99. The summed E-state index contributed by atoms with van der Waals surface area (Å²) in [6, 6.07) is 5.08. The van der Waals surface area contributed by atoms with Crippen LogP contribution in [0.1, 0.15) is 12.0 Å². The van der Waals surface area contributed by atoms with Crippen LogP contribution in [0.2, 0.25) is 5.02 Å².